The van der Waals surface area contributed by atoms with Gasteiger partial charge in [0.25, 0.3) is 0 Å². The van der Waals surface area contributed by atoms with Crippen LogP contribution in [0.3, 0.4) is 0 Å². The summed E-state index contributed by atoms with van der Waals surface area (Å²) in [5, 5.41) is 6.69. The Kier molecular flexibility index (Phi) is 5.28. The van der Waals surface area contributed by atoms with Crippen molar-refractivity contribution in [2.24, 2.45) is 0 Å². The zero-order valence-electron chi connectivity index (χ0n) is 10.3. The quantitative estimate of drug-likeness (QED) is 0.882. The Balaban J connectivity index is 2.16. The summed E-state index contributed by atoms with van der Waals surface area (Å²) in [7, 11) is 0. The molecule has 2 aromatic heterocycles. The molecule has 5 heteroatoms. The van der Waals surface area contributed by atoms with E-state index in [4.69, 9.17) is 0 Å². The van der Waals surface area contributed by atoms with E-state index < -0.39 is 0 Å². The van der Waals surface area contributed by atoms with Crippen molar-refractivity contribution >= 4 is 27.3 Å². The van der Waals surface area contributed by atoms with Gasteiger partial charge < -0.3 is 5.32 Å². The third-order valence-electron chi connectivity index (χ3n) is 2.62. The highest BCUT2D eigenvalue weighted by Gasteiger charge is 2.16. The lowest BCUT2D eigenvalue weighted by molar-refractivity contribution is 0.515. The van der Waals surface area contributed by atoms with E-state index in [1.54, 1.807) is 11.3 Å². The highest BCUT2D eigenvalue weighted by Crippen LogP contribution is 2.24. The summed E-state index contributed by atoms with van der Waals surface area (Å²) in [5.41, 5.74) is 1.06. The number of aromatic nitrogens is 2. The average Bonchev–Trinajstić information content (AvgIpc) is 2.88. The number of nitrogens with zero attached hydrogens (tertiary/aromatic N) is 2. The van der Waals surface area contributed by atoms with E-state index in [-0.39, 0.29) is 6.04 Å². The Morgan fingerprint density at radius 2 is 2.28 bits per heavy atom. The zero-order valence-corrected chi connectivity index (χ0v) is 12.7. The van der Waals surface area contributed by atoms with E-state index in [1.165, 1.54) is 0 Å². The third-order valence-corrected chi connectivity index (χ3v) is 4.09. The molecule has 96 valence electrons. The fourth-order valence-corrected chi connectivity index (χ4v) is 2.96. The van der Waals surface area contributed by atoms with Crippen LogP contribution in [-0.4, -0.2) is 16.5 Å². The molecule has 0 amide bonds. The van der Waals surface area contributed by atoms with E-state index in [1.807, 2.05) is 29.9 Å². The van der Waals surface area contributed by atoms with Crippen LogP contribution in [0.25, 0.3) is 0 Å². The number of nitrogens with one attached hydrogen (secondary N) is 1. The fourth-order valence-electron chi connectivity index (χ4n) is 1.77. The van der Waals surface area contributed by atoms with Gasteiger partial charge in [0.15, 0.2) is 0 Å². The molecule has 0 fully saturated rings. The standard InChI is InChI=1S/C13H16BrN3S/c1-2-5-15-11(9-12-16-7-8-18-12)13-10(14)4-3-6-17-13/h3-4,6-8,11,15H,2,5,9H2,1H3. The number of halogens is 1. The highest BCUT2D eigenvalue weighted by molar-refractivity contribution is 9.10. The number of pyridine rings is 1. The predicted octanol–water partition coefficient (Wildman–Crippen LogP) is 3.58. The van der Waals surface area contributed by atoms with Gasteiger partial charge in [0.1, 0.15) is 0 Å². The molecular weight excluding hydrogens is 310 g/mol. The average molecular weight is 326 g/mol. The number of rotatable bonds is 6. The molecule has 0 saturated carbocycles. The van der Waals surface area contributed by atoms with Gasteiger partial charge in [-0.3, -0.25) is 4.98 Å². The summed E-state index contributed by atoms with van der Waals surface area (Å²) >= 11 is 5.26. The normalized spacial score (nSPS) is 12.6. The van der Waals surface area contributed by atoms with E-state index in [0.717, 1.165) is 34.6 Å². The van der Waals surface area contributed by atoms with E-state index in [0.29, 0.717) is 0 Å². The van der Waals surface area contributed by atoms with Crippen LogP contribution in [-0.2, 0) is 6.42 Å². The van der Waals surface area contributed by atoms with Crippen LogP contribution in [0.5, 0.6) is 0 Å². The van der Waals surface area contributed by atoms with E-state index in [9.17, 15) is 0 Å². The molecule has 2 rings (SSSR count). The molecule has 0 radical (unpaired) electrons. The van der Waals surface area contributed by atoms with Gasteiger partial charge in [-0.15, -0.1) is 11.3 Å². The Morgan fingerprint density at radius 3 is 2.94 bits per heavy atom. The van der Waals surface area contributed by atoms with Crippen LogP contribution in [0.2, 0.25) is 0 Å². The molecule has 2 heterocycles. The second kappa shape index (κ2) is 6.97. The first-order chi connectivity index (χ1) is 8.81. The summed E-state index contributed by atoms with van der Waals surface area (Å²) in [6, 6.07) is 4.19. The van der Waals surface area contributed by atoms with Gasteiger partial charge in [-0.2, -0.15) is 0 Å². The van der Waals surface area contributed by atoms with Crippen molar-refractivity contribution in [2.45, 2.75) is 25.8 Å². The molecule has 0 bridgehead atoms. The van der Waals surface area contributed by atoms with Crippen LogP contribution in [0.1, 0.15) is 30.1 Å². The Bertz CT molecular complexity index is 473. The molecule has 1 unspecified atom stereocenters. The van der Waals surface area contributed by atoms with E-state index >= 15 is 0 Å². The SMILES string of the molecule is CCCNC(Cc1nccs1)c1ncccc1Br. The largest absolute Gasteiger partial charge is 0.308 e. The van der Waals surface area contributed by atoms with Gasteiger partial charge in [-0.05, 0) is 41.0 Å². The highest BCUT2D eigenvalue weighted by atomic mass is 79.9. The maximum atomic E-state index is 4.48. The van der Waals surface area contributed by atoms with Crippen LogP contribution in [0.15, 0.2) is 34.4 Å². The Hall–Kier alpha value is -0.780. The van der Waals surface area contributed by atoms with Gasteiger partial charge >= 0.3 is 0 Å². The minimum Gasteiger partial charge on any atom is -0.308 e. The molecule has 0 saturated heterocycles. The van der Waals surface area contributed by atoms with Crippen LogP contribution >= 0.6 is 27.3 Å². The smallest absolute Gasteiger partial charge is 0.0944 e. The molecule has 3 nitrogen and oxygen atoms in total. The number of thiazole rings is 1. The van der Waals surface area contributed by atoms with Crippen molar-refractivity contribution in [1.82, 2.24) is 15.3 Å². The molecule has 0 spiro atoms. The summed E-state index contributed by atoms with van der Waals surface area (Å²) in [6.07, 6.45) is 5.68. The minimum absolute atomic E-state index is 0.215. The van der Waals surface area contributed by atoms with Gasteiger partial charge in [-0.1, -0.05) is 6.92 Å². The third kappa shape index (κ3) is 3.60. The van der Waals surface area contributed by atoms with Crippen molar-refractivity contribution in [3.63, 3.8) is 0 Å². The first-order valence-electron chi connectivity index (χ1n) is 6.03. The lowest BCUT2D eigenvalue weighted by atomic mass is 10.1. The molecule has 1 N–H and O–H groups in total. The molecule has 0 aromatic carbocycles. The van der Waals surface area contributed by atoms with Crippen molar-refractivity contribution in [1.29, 1.82) is 0 Å². The molecule has 0 aliphatic rings. The van der Waals surface area contributed by atoms with Gasteiger partial charge in [0, 0.05) is 28.7 Å². The summed E-state index contributed by atoms with van der Waals surface area (Å²) in [6.45, 7) is 3.15. The number of hydrogen-bond donors (Lipinski definition) is 1. The van der Waals surface area contributed by atoms with E-state index in [2.05, 4.69) is 38.1 Å². The topological polar surface area (TPSA) is 37.8 Å². The maximum absolute atomic E-state index is 4.48. The molecule has 18 heavy (non-hydrogen) atoms. The zero-order chi connectivity index (χ0) is 12.8. The monoisotopic (exact) mass is 325 g/mol. The van der Waals surface area contributed by atoms with Gasteiger partial charge in [-0.25, -0.2) is 4.98 Å². The van der Waals surface area contributed by atoms with Gasteiger partial charge in [0.2, 0.25) is 0 Å². The molecule has 0 aliphatic heterocycles. The summed E-state index contributed by atoms with van der Waals surface area (Å²) in [4.78, 5) is 8.83. The second-order valence-corrected chi connectivity index (χ2v) is 5.84. The first kappa shape index (κ1) is 13.6. The van der Waals surface area contributed by atoms with Crippen molar-refractivity contribution in [3.05, 3.63) is 45.1 Å². The van der Waals surface area contributed by atoms with Crippen LogP contribution in [0, 0.1) is 0 Å². The van der Waals surface area contributed by atoms with Crippen LogP contribution < -0.4 is 5.32 Å². The maximum Gasteiger partial charge on any atom is 0.0944 e. The lowest BCUT2D eigenvalue weighted by Crippen LogP contribution is -2.25. The summed E-state index contributed by atoms with van der Waals surface area (Å²) < 4.78 is 1.05. The second-order valence-electron chi connectivity index (χ2n) is 4.01. The van der Waals surface area contributed by atoms with Crippen LogP contribution in [0.4, 0.5) is 0 Å². The van der Waals surface area contributed by atoms with Crippen molar-refractivity contribution in [2.75, 3.05) is 6.54 Å². The Morgan fingerprint density at radius 1 is 1.39 bits per heavy atom. The molecule has 2 aromatic rings. The predicted molar refractivity (Wildman–Crippen MR) is 78.8 cm³/mol. The summed E-state index contributed by atoms with van der Waals surface area (Å²) in [5.74, 6) is 0. The fraction of sp³-hybridized carbons (Fsp3) is 0.385. The molecule has 1 atom stereocenters. The van der Waals surface area contributed by atoms with Crippen molar-refractivity contribution < 1.29 is 0 Å². The number of hydrogen-bond acceptors (Lipinski definition) is 4. The first-order valence-corrected chi connectivity index (χ1v) is 7.70. The Labute approximate surface area is 120 Å². The minimum atomic E-state index is 0.215. The van der Waals surface area contributed by atoms with Crippen molar-refractivity contribution in [3.8, 4) is 0 Å². The molecular formula is C13H16BrN3S. The van der Waals surface area contributed by atoms with Gasteiger partial charge in [0.05, 0.1) is 16.7 Å². The molecule has 0 aliphatic carbocycles. The lowest BCUT2D eigenvalue weighted by Gasteiger charge is -2.18.